The first-order chi connectivity index (χ1) is 9.88. The van der Waals surface area contributed by atoms with Crippen molar-refractivity contribution in [1.82, 2.24) is 4.31 Å². The van der Waals surface area contributed by atoms with E-state index < -0.39 is 10.0 Å². The molecule has 0 aliphatic carbocycles. The Bertz CT molecular complexity index is 593. The third kappa shape index (κ3) is 3.30. The summed E-state index contributed by atoms with van der Waals surface area (Å²) in [6, 6.07) is 4.61. The first-order valence-electron chi connectivity index (χ1n) is 6.86. The Labute approximate surface area is 125 Å². The molecule has 1 aromatic rings. The van der Waals surface area contributed by atoms with E-state index >= 15 is 0 Å². The zero-order valence-electron chi connectivity index (χ0n) is 12.6. The number of nitrogens with two attached hydrogens (primary N) is 1. The van der Waals surface area contributed by atoms with Crippen LogP contribution in [0, 0.1) is 5.92 Å². The summed E-state index contributed by atoms with van der Waals surface area (Å²) in [4.78, 5) is 0.116. The summed E-state index contributed by atoms with van der Waals surface area (Å²) in [7, 11) is -0.708. The topological polar surface area (TPSA) is 81.9 Å². The minimum absolute atomic E-state index is 0.116. The molecule has 1 heterocycles. The maximum atomic E-state index is 12.9. The lowest BCUT2D eigenvalue weighted by Gasteiger charge is -2.34. The molecule has 1 saturated heterocycles. The minimum Gasteiger partial charge on any atom is -0.497 e. The predicted molar refractivity (Wildman–Crippen MR) is 80.1 cm³/mol. The smallest absolute Gasteiger partial charge is 0.246 e. The van der Waals surface area contributed by atoms with Gasteiger partial charge in [0, 0.05) is 25.2 Å². The summed E-state index contributed by atoms with van der Waals surface area (Å²) < 4.78 is 37.5. The molecule has 1 aliphatic heterocycles. The van der Waals surface area contributed by atoms with Crippen LogP contribution in [0.1, 0.15) is 13.3 Å². The molecule has 7 heteroatoms. The van der Waals surface area contributed by atoms with Crippen molar-refractivity contribution in [2.24, 2.45) is 11.7 Å². The second kappa shape index (κ2) is 6.21. The van der Waals surface area contributed by atoms with Crippen molar-refractivity contribution in [3.05, 3.63) is 18.2 Å². The number of ether oxygens (including phenoxy) is 2. The third-order valence-electron chi connectivity index (χ3n) is 3.65. The molecule has 0 saturated carbocycles. The van der Waals surface area contributed by atoms with Crippen molar-refractivity contribution >= 4 is 10.0 Å². The van der Waals surface area contributed by atoms with Gasteiger partial charge < -0.3 is 15.2 Å². The molecule has 6 nitrogen and oxygen atoms in total. The molecule has 0 bridgehead atoms. The average Bonchev–Trinajstić information content (AvgIpc) is 2.45. The van der Waals surface area contributed by atoms with Crippen LogP contribution >= 0.6 is 0 Å². The largest absolute Gasteiger partial charge is 0.497 e. The first-order valence-corrected chi connectivity index (χ1v) is 8.30. The molecule has 0 spiro atoms. The number of nitrogens with zero attached hydrogens (tertiary/aromatic N) is 1. The highest BCUT2D eigenvalue weighted by molar-refractivity contribution is 7.89. The highest BCUT2D eigenvalue weighted by Gasteiger charge is 2.34. The number of benzene rings is 1. The Hall–Kier alpha value is -1.31. The Kier molecular flexibility index (Phi) is 4.75. The molecule has 2 atom stereocenters. The van der Waals surface area contributed by atoms with Gasteiger partial charge in [-0.2, -0.15) is 4.31 Å². The van der Waals surface area contributed by atoms with E-state index in [4.69, 9.17) is 15.2 Å². The van der Waals surface area contributed by atoms with E-state index in [1.54, 1.807) is 12.1 Å². The standard InChI is InChI=1S/C14H22N2O4S/c1-10-6-11(15)9-16(8-10)21(17,18)14-7-12(19-2)4-5-13(14)20-3/h4-5,7,10-11H,6,8-9,15H2,1-3H3. The average molecular weight is 314 g/mol. The van der Waals surface area contributed by atoms with Gasteiger partial charge in [0.2, 0.25) is 10.0 Å². The van der Waals surface area contributed by atoms with Crippen molar-refractivity contribution in [3.8, 4) is 11.5 Å². The van der Waals surface area contributed by atoms with E-state index in [0.29, 0.717) is 24.6 Å². The van der Waals surface area contributed by atoms with Gasteiger partial charge in [-0.25, -0.2) is 8.42 Å². The van der Waals surface area contributed by atoms with E-state index in [0.717, 1.165) is 6.42 Å². The Balaban J connectivity index is 2.43. The van der Waals surface area contributed by atoms with Crippen LogP contribution in [0.5, 0.6) is 11.5 Å². The molecule has 1 aromatic carbocycles. The van der Waals surface area contributed by atoms with Gasteiger partial charge in [-0.15, -0.1) is 0 Å². The van der Waals surface area contributed by atoms with Crippen molar-refractivity contribution in [2.75, 3.05) is 27.3 Å². The number of piperidine rings is 1. The molecule has 1 aliphatic rings. The summed E-state index contributed by atoms with van der Waals surface area (Å²) in [5.41, 5.74) is 5.95. The lowest BCUT2D eigenvalue weighted by molar-refractivity contribution is 0.253. The number of sulfonamides is 1. The number of hydrogen-bond acceptors (Lipinski definition) is 5. The highest BCUT2D eigenvalue weighted by Crippen LogP contribution is 2.32. The molecular weight excluding hydrogens is 292 g/mol. The quantitative estimate of drug-likeness (QED) is 0.898. The molecule has 0 amide bonds. The number of rotatable bonds is 4. The van der Waals surface area contributed by atoms with Gasteiger partial charge in [0.25, 0.3) is 0 Å². The molecule has 21 heavy (non-hydrogen) atoms. The molecule has 2 rings (SSSR count). The summed E-state index contributed by atoms with van der Waals surface area (Å²) in [5, 5.41) is 0. The second-order valence-corrected chi connectivity index (χ2v) is 7.35. The van der Waals surface area contributed by atoms with Crippen molar-refractivity contribution in [1.29, 1.82) is 0 Å². The summed E-state index contributed by atoms with van der Waals surface area (Å²) >= 11 is 0. The van der Waals surface area contributed by atoms with Gasteiger partial charge in [-0.1, -0.05) is 6.92 Å². The van der Waals surface area contributed by atoms with Gasteiger partial charge in [0.1, 0.15) is 16.4 Å². The summed E-state index contributed by atoms with van der Waals surface area (Å²) in [6.07, 6.45) is 0.835. The molecule has 2 unspecified atom stereocenters. The SMILES string of the molecule is COc1ccc(OC)c(S(=O)(=O)N2CC(C)CC(N)C2)c1. The zero-order chi connectivity index (χ0) is 15.6. The fourth-order valence-electron chi connectivity index (χ4n) is 2.67. The van der Waals surface area contributed by atoms with Crippen LogP contribution in [0.15, 0.2) is 23.1 Å². The molecule has 2 N–H and O–H groups in total. The normalized spacial score (nSPS) is 23.8. The maximum Gasteiger partial charge on any atom is 0.246 e. The van der Waals surface area contributed by atoms with Crippen LogP contribution < -0.4 is 15.2 Å². The number of methoxy groups -OCH3 is 2. The van der Waals surface area contributed by atoms with Gasteiger partial charge in [-0.3, -0.25) is 0 Å². The lowest BCUT2D eigenvalue weighted by Crippen LogP contribution is -2.48. The monoisotopic (exact) mass is 314 g/mol. The van der Waals surface area contributed by atoms with Gasteiger partial charge in [0.15, 0.2) is 0 Å². The first kappa shape index (κ1) is 16.1. The molecule has 0 aromatic heterocycles. The molecular formula is C14H22N2O4S. The highest BCUT2D eigenvalue weighted by atomic mass is 32.2. The molecule has 0 radical (unpaired) electrons. The zero-order valence-corrected chi connectivity index (χ0v) is 13.4. The van der Waals surface area contributed by atoms with E-state index in [2.05, 4.69) is 0 Å². The van der Waals surface area contributed by atoms with Crippen LogP contribution in [0.2, 0.25) is 0 Å². The lowest BCUT2D eigenvalue weighted by atomic mass is 9.99. The Morgan fingerprint density at radius 1 is 1.24 bits per heavy atom. The van der Waals surface area contributed by atoms with Crippen LogP contribution in [0.4, 0.5) is 0 Å². The Morgan fingerprint density at radius 2 is 1.95 bits per heavy atom. The van der Waals surface area contributed by atoms with Crippen LogP contribution in [0.3, 0.4) is 0 Å². The van der Waals surface area contributed by atoms with Gasteiger partial charge in [0.05, 0.1) is 14.2 Å². The van der Waals surface area contributed by atoms with Crippen LogP contribution in [-0.4, -0.2) is 46.1 Å². The van der Waals surface area contributed by atoms with E-state index in [9.17, 15) is 8.42 Å². The van der Waals surface area contributed by atoms with Crippen LogP contribution in [-0.2, 0) is 10.0 Å². The third-order valence-corrected chi connectivity index (χ3v) is 5.50. The maximum absolute atomic E-state index is 12.9. The fourth-order valence-corrected chi connectivity index (χ4v) is 4.46. The van der Waals surface area contributed by atoms with Crippen molar-refractivity contribution < 1.29 is 17.9 Å². The van der Waals surface area contributed by atoms with Crippen molar-refractivity contribution in [2.45, 2.75) is 24.3 Å². The van der Waals surface area contributed by atoms with Gasteiger partial charge in [-0.05, 0) is 24.5 Å². The predicted octanol–water partition coefficient (Wildman–Crippen LogP) is 1.06. The second-order valence-electron chi connectivity index (χ2n) is 5.44. The summed E-state index contributed by atoms with van der Waals surface area (Å²) in [6.45, 7) is 2.80. The van der Waals surface area contributed by atoms with E-state index in [-0.39, 0.29) is 16.9 Å². The van der Waals surface area contributed by atoms with Crippen molar-refractivity contribution in [3.63, 3.8) is 0 Å². The minimum atomic E-state index is -3.65. The van der Waals surface area contributed by atoms with Crippen LogP contribution in [0.25, 0.3) is 0 Å². The number of hydrogen-bond donors (Lipinski definition) is 1. The Morgan fingerprint density at radius 3 is 2.52 bits per heavy atom. The molecule has 1 fully saturated rings. The van der Waals surface area contributed by atoms with E-state index in [1.807, 2.05) is 6.92 Å². The van der Waals surface area contributed by atoms with E-state index in [1.165, 1.54) is 24.6 Å². The summed E-state index contributed by atoms with van der Waals surface area (Å²) in [5.74, 6) is 1.02. The fraction of sp³-hybridized carbons (Fsp3) is 0.571. The molecule has 118 valence electrons. The van der Waals surface area contributed by atoms with Gasteiger partial charge >= 0.3 is 0 Å².